The highest BCUT2D eigenvalue weighted by atomic mass is 15.1. The average molecular weight is 445 g/mol. The molecule has 2 unspecified atom stereocenters. The lowest BCUT2D eigenvalue weighted by Gasteiger charge is -2.39. The van der Waals surface area contributed by atoms with E-state index in [4.69, 9.17) is 4.98 Å². The molecule has 0 radical (unpaired) electrons. The minimum absolute atomic E-state index is 0.0119. The third-order valence-electron chi connectivity index (χ3n) is 7.27. The molecule has 1 heterocycles. The fourth-order valence-electron chi connectivity index (χ4n) is 5.29. The molecule has 3 aromatic rings. The van der Waals surface area contributed by atoms with Gasteiger partial charge in [0.25, 0.3) is 0 Å². The largest absolute Gasteiger partial charge is 0.335 e. The second-order valence-electron chi connectivity index (χ2n) is 9.89. The van der Waals surface area contributed by atoms with Crippen molar-refractivity contribution in [3.63, 3.8) is 0 Å². The Hall–Kier alpha value is -2.35. The lowest BCUT2D eigenvalue weighted by Crippen LogP contribution is -2.35. The second-order valence-corrected chi connectivity index (χ2v) is 9.89. The molecule has 0 fully saturated rings. The quantitative estimate of drug-likeness (QED) is 0.214. The number of aromatic nitrogens is 2. The van der Waals surface area contributed by atoms with Crippen molar-refractivity contribution in [2.45, 2.75) is 103 Å². The fourth-order valence-corrected chi connectivity index (χ4v) is 5.29. The molecule has 0 saturated carbocycles. The number of imidazole rings is 1. The summed E-state index contributed by atoms with van der Waals surface area (Å²) >= 11 is 0. The summed E-state index contributed by atoms with van der Waals surface area (Å²) in [5.74, 6) is 1.66. The molecule has 0 aliphatic carbocycles. The van der Waals surface area contributed by atoms with Gasteiger partial charge in [-0.1, -0.05) is 126 Å². The first-order valence-corrected chi connectivity index (χ1v) is 13.3. The van der Waals surface area contributed by atoms with Gasteiger partial charge in [0.05, 0.1) is 0 Å². The SMILES string of the molecule is CCCCCCCCn1ccnc1C(CCCC)C(C)(Cc1ccccc1)c1ccccc1. The van der Waals surface area contributed by atoms with Crippen LogP contribution in [-0.4, -0.2) is 9.55 Å². The fraction of sp³-hybridized carbons (Fsp3) is 0.516. The minimum atomic E-state index is -0.0119. The Morgan fingerprint density at radius 1 is 0.788 bits per heavy atom. The Bertz CT molecular complexity index is 899. The Kier molecular flexibility index (Phi) is 10.2. The maximum absolute atomic E-state index is 4.99. The van der Waals surface area contributed by atoms with E-state index in [1.807, 2.05) is 6.20 Å². The normalized spacial score (nSPS) is 14.2. The van der Waals surface area contributed by atoms with E-state index in [0.29, 0.717) is 5.92 Å². The Morgan fingerprint density at radius 3 is 2.12 bits per heavy atom. The zero-order valence-corrected chi connectivity index (χ0v) is 21.2. The molecule has 33 heavy (non-hydrogen) atoms. The molecule has 178 valence electrons. The smallest absolute Gasteiger partial charge is 0.112 e. The van der Waals surface area contributed by atoms with Gasteiger partial charge in [-0.15, -0.1) is 0 Å². The van der Waals surface area contributed by atoms with Gasteiger partial charge in [-0.25, -0.2) is 4.98 Å². The van der Waals surface area contributed by atoms with Crippen LogP contribution in [0.5, 0.6) is 0 Å². The molecular formula is C31H44N2. The minimum Gasteiger partial charge on any atom is -0.335 e. The van der Waals surface area contributed by atoms with E-state index < -0.39 is 0 Å². The van der Waals surface area contributed by atoms with Gasteiger partial charge < -0.3 is 4.57 Å². The van der Waals surface area contributed by atoms with Crippen molar-refractivity contribution in [3.05, 3.63) is 90.0 Å². The van der Waals surface area contributed by atoms with Crippen molar-refractivity contribution in [1.82, 2.24) is 9.55 Å². The van der Waals surface area contributed by atoms with Gasteiger partial charge in [-0.05, 0) is 30.4 Å². The van der Waals surface area contributed by atoms with E-state index in [0.717, 1.165) is 13.0 Å². The standard InChI is InChI=1S/C31H44N2/c1-4-6-8-9-10-17-24-33-25-23-32-30(33)29(22-7-5-2)31(3,28-20-15-12-16-21-28)26-27-18-13-11-14-19-27/h11-16,18-21,23,25,29H,4-10,17,22,24,26H2,1-3H3. The number of aryl methyl sites for hydroxylation is 1. The van der Waals surface area contributed by atoms with E-state index in [1.165, 1.54) is 74.7 Å². The van der Waals surface area contributed by atoms with E-state index in [-0.39, 0.29) is 5.41 Å². The number of rotatable bonds is 15. The number of hydrogen-bond acceptors (Lipinski definition) is 1. The molecule has 2 atom stereocenters. The molecule has 2 aromatic carbocycles. The molecule has 0 N–H and O–H groups in total. The monoisotopic (exact) mass is 444 g/mol. The lowest BCUT2D eigenvalue weighted by molar-refractivity contribution is 0.324. The first kappa shape index (κ1) is 25.3. The first-order valence-electron chi connectivity index (χ1n) is 13.3. The Balaban J connectivity index is 1.89. The highest BCUT2D eigenvalue weighted by molar-refractivity contribution is 5.33. The van der Waals surface area contributed by atoms with Crippen LogP contribution in [0.1, 0.15) is 101 Å². The van der Waals surface area contributed by atoms with Crippen LogP contribution in [0.2, 0.25) is 0 Å². The van der Waals surface area contributed by atoms with Crippen LogP contribution in [0, 0.1) is 0 Å². The van der Waals surface area contributed by atoms with Gasteiger partial charge >= 0.3 is 0 Å². The zero-order chi connectivity index (χ0) is 23.4. The van der Waals surface area contributed by atoms with Gasteiger partial charge in [0.2, 0.25) is 0 Å². The van der Waals surface area contributed by atoms with Crippen LogP contribution in [-0.2, 0) is 18.4 Å². The number of hydrogen-bond donors (Lipinski definition) is 0. The molecule has 0 saturated heterocycles. The summed E-state index contributed by atoms with van der Waals surface area (Å²) in [6.07, 6.45) is 16.8. The molecule has 0 bridgehead atoms. The number of benzene rings is 2. The predicted molar refractivity (Wildman–Crippen MR) is 142 cm³/mol. The van der Waals surface area contributed by atoms with Crippen molar-refractivity contribution in [2.24, 2.45) is 0 Å². The Labute approximate surface area is 202 Å². The van der Waals surface area contributed by atoms with Crippen molar-refractivity contribution >= 4 is 0 Å². The topological polar surface area (TPSA) is 17.8 Å². The molecule has 1 aromatic heterocycles. The molecule has 2 heteroatoms. The van der Waals surface area contributed by atoms with E-state index in [2.05, 4.69) is 92.2 Å². The van der Waals surface area contributed by atoms with E-state index in [9.17, 15) is 0 Å². The van der Waals surface area contributed by atoms with Gasteiger partial charge in [0.15, 0.2) is 0 Å². The average Bonchev–Trinajstić information content (AvgIpc) is 3.31. The maximum atomic E-state index is 4.99. The van der Waals surface area contributed by atoms with E-state index >= 15 is 0 Å². The second kappa shape index (κ2) is 13.4. The summed E-state index contributed by atoms with van der Waals surface area (Å²) in [5.41, 5.74) is 2.81. The van der Waals surface area contributed by atoms with Crippen LogP contribution in [0.4, 0.5) is 0 Å². The summed E-state index contributed by atoms with van der Waals surface area (Å²) < 4.78 is 2.46. The third-order valence-corrected chi connectivity index (χ3v) is 7.27. The van der Waals surface area contributed by atoms with Gasteiger partial charge in [-0.2, -0.15) is 0 Å². The molecule has 3 rings (SSSR count). The van der Waals surface area contributed by atoms with Crippen molar-refractivity contribution in [2.75, 3.05) is 0 Å². The van der Waals surface area contributed by atoms with E-state index in [1.54, 1.807) is 0 Å². The summed E-state index contributed by atoms with van der Waals surface area (Å²) in [4.78, 5) is 4.99. The summed E-state index contributed by atoms with van der Waals surface area (Å²) in [6.45, 7) is 8.14. The van der Waals surface area contributed by atoms with Crippen LogP contribution >= 0.6 is 0 Å². The van der Waals surface area contributed by atoms with Crippen LogP contribution in [0.25, 0.3) is 0 Å². The third kappa shape index (κ3) is 7.06. The van der Waals surface area contributed by atoms with Crippen molar-refractivity contribution < 1.29 is 0 Å². The van der Waals surface area contributed by atoms with Gasteiger partial charge in [0.1, 0.15) is 5.82 Å². The predicted octanol–water partition coefficient (Wildman–Crippen LogP) is 8.72. The first-order chi connectivity index (χ1) is 16.2. The molecule has 0 aliphatic heterocycles. The highest BCUT2D eigenvalue weighted by Crippen LogP contribution is 2.44. The van der Waals surface area contributed by atoms with Gasteiger partial charge in [0, 0.05) is 30.3 Å². The molecule has 0 aliphatic rings. The summed E-state index contributed by atoms with van der Waals surface area (Å²) in [6, 6.07) is 22.2. The maximum Gasteiger partial charge on any atom is 0.112 e. The lowest BCUT2D eigenvalue weighted by atomic mass is 9.66. The van der Waals surface area contributed by atoms with Crippen LogP contribution in [0.15, 0.2) is 73.1 Å². The highest BCUT2D eigenvalue weighted by Gasteiger charge is 2.39. The summed E-state index contributed by atoms with van der Waals surface area (Å²) in [5, 5.41) is 0. The van der Waals surface area contributed by atoms with Crippen LogP contribution in [0.3, 0.4) is 0 Å². The number of unbranched alkanes of at least 4 members (excludes halogenated alkanes) is 6. The van der Waals surface area contributed by atoms with Gasteiger partial charge in [-0.3, -0.25) is 0 Å². The van der Waals surface area contributed by atoms with Crippen LogP contribution < -0.4 is 0 Å². The molecule has 2 nitrogen and oxygen atoms in total. The van der Waals surface area contributed by atoms with Crippen molar-refractivity contribution in [3.8, 4) is 0 Å². The number of nitrogens with zero attached hydrogens (tertiary/aromatic N) is 2. The molecular weight excluding hydrogens is 400 g/mol. The molecule has 0 amide bonds. The van der Waals surface area contributed by atoms with Crippen molar-refractivity contribution in [1.29, 1.82) is 0 Å². The molecule has 0 spiro atoms. The summed E-state index contributed by atoms with van der Waals surface area (Å²) in [7, 11) is 0. The zero-order valence-electron chi connectivity index (χ0n) is 21.2. The Morgan fingerprint density at radius 2 is 1.42 bits per heavy atom.